The van der Waals surface area contributed by atoms with Crippen LogP contribution < -0.4 is 22.1 Å². The number of nitrogens with one attached hydrogen (secondary N) is 2. The van der Waals surface area contributed by atoms with E-state index in [4.69, 9.17) is 15.9 Å². The van der Waals surface area contributed by atoms with Gasteiger partial charge in [-0.25, -0.2) is 0 Å². The number of rotatable bonds is 5. The monoisotopic (exact) mass is 249 g/mol. The van der Waals surface area contributed by atoms with Crippen LogP contribution in [0.4, 0.5) is 0 Å². The SMILES string of the molecule is Cc1ccc(CNC2=CC=NC(N)(CCN)N2)o1. The maximum absolute atomic E-state index is 6.04. The number of hydrogen-bond donors (Lipinski definition) is 4. The molecular formula is C12H19N5O. The minimum Gasteiger partial charge on any atom is -0.465 e. The first-order chi connectivity index (χ1) is 8.61. The molecule has 0 spiro atoms. The third kappa shape index (κ3) is 3.12. The van der Waals surface area contributed by atoms with Gasteiger partial charge in [0.1, 0.15) is 17.3 Å². The number of aryl methyl sites for hydroxylation is 1. The number of aliphatic imine (C=N–C) groups is 1. The Bertz CT molecular complexity index is 465. The predicted octanol–water partition coefficient (Wildman–Crippen LogP) is 0.154. The topological polar surface area (TPSA) is 102 Å². The minimum atomic E-state index is -0.815. The summed E-state index contributed by atoms with van der Waals surface area (Å²) in [5.41, 5.74) is 11.5. The van der Waals surface area contributed by atoms with E-state index < -0.39 is 5.79 Å². The molecule has 0 amide bonds. The molecule has 1 aromatic heterocycles. The van der Waals surface area contributed by atoms with Crippen molar-refractivity contribution < 1.29 is 4.42 Å². The summed E-state index contributed by atoms with van der Waals surface area (Å²) in [5.74, 6) is 1.77. The summed E-state index contributed by atoms with van der Waals surface area (Å²) in [6.07, 6.45) is 4.09. The van der Waals surface area contributed by atoms with Crippen LogP contribution in [0, 0.1) is 6.92 Å². The molecule has 0 bridgehead atoms. The molecule has 18 heavy (non-hydrogen) atoms. The van der Waals surface area contributed by atoms with Crippen molar-refractivity contribution in [3.05, 3.63) is 35.6 Å². The van der Waals surface area contributed by atoms with Gasteiger partial charge in [0.05, 0.1) is 6.54 Å². The van der Waals surface area contributed by atoms with Crippen LogP contribution in [0.2, 0.25) is 0 Å². The highest BCUT2D eigenvalue weighted by molar-refractivity contribution is 5.73. The molecule has 98 valence electrons. The molecule has 0 aliphatic carbocycles. The molecule has 6 nitrogen and oxygen atoms in total. The predicted molar refractivity (Wildman–Crippen MR) is 70.6 cm³/mol. The first kappa shape index (κ1) is 12.7. The van der Waals surface area contributed by atoms with E-state index in [1.165, 1.54) is 0 Å². The van der Waals surface area contributed by atoms with Gasteiger partial charge in [-0.05, 0) is 31.7 Å². The zero-order valence-corrected chi connectivity index (χ0v) is 10.4. The fraction of sp³-hybridized carbons (Fsp3) is 0.417. The second kappa shape index (κ2) is 5.24. The molecule has 1 atom stereocenters. The van der Waals surface area contributed by atoms with Crippen LogP contribution >= 0.6 is 0 Å². The highest BCUT2D eigenvalue weighted by Crippen LogP contribution is 2.10. The van der Waals surface area contributed by atoms with Gasteiger partial charge in [0.15, 0.2) is 5.79 Å². The van der Waals surface area contributed by atoms with E-state index in [-0.39, 0.29) is 0 Å². The maximum Gasteiger partial charge on any atom is 0.184 e. The van der Waals surface area contributed by atoms with Crippen LogP contribution in [-0.4, -0.2) is 18.5 Å². The van der Waals surface area contributed by atoms with Crippen LogP contribution in [0.15, 0.2) is 33.4 Å². The van der Waals surface area contributed by atoms with Crippen molar-refractivity contribution in [2.24, 2.45) is 16.5 Å². The Balaban J connectivity index is 1.90. The van der Waals surface area contributed by atoms with Gasteiger partial charge in [-0.1, -0.05) is 0 Å². The molecule has 1 aromatic rings. The summed E-state index contributed by atoms with van der Waals surface area (Å²) in [6, 6.07) is 3.87. The molecule has 2 heterocycles. The third-order valence-electron chi connectivity index (χ3n) is 2.67. The Hall–Kier alpha value is -1.79. The average molecular weight is 249 g/mol. The maximum atomic E-state index is 6.04. The molecule has 6 heteroatoms. The molecule has 2 rings (SSSR count). The van der Waals surface area contributed by atoms with Gasteiger partial charge in [0.25, 0.3) is 0 Å². The Labute approximate surface area is 106 Å². The summed E-state index contributed by atoms with van der Waals surface area (Å²) in [5, 5.41) is 6.32. The van der Waals surface area contributed by atoms with Crippen molar-refractivity contribution in [2.45, 2.75) is 25.7 Å². The lowest BCUT2D eigenvalue weighted by Crippen LogP contribution is -2.55. The van der Waals surface area contributed by atoms with Crippen LogP contribution in [0.3, 0.4) is 0 Å². The molecular weight excluding hydrogens is 230 g/mol. The normalized spacial score (nSPS) is 22.5. The van der Waals surface area contributed by atoms with Gasteiger partial charge in [-0.15, -0.1) is 0 Å². The van der Waals surface area contributed by atoms with Crippen LogP contribution in [0.1, 0.15) is 17.9 Å². The van der Waals surface area contributed by atoms with E-state index in [1.807, 2.05) is 25.1 Å². The lowest BCUT2D eigenvalue weighted by Gasteiger charge is -2.30. The number of allylic oxidation sites excluding steroid dienone is 1. The Morgan fingerprint density at radius 1 is 1.50 bits per heavy atom. The summed E-state index contributed by atoms with van der Waals surface area (Å²) >= 11 is 0. The van der Waals surface area contributed by atoms with E-state index in [2.05, 4.69) is 15.6 Å². The average Bonchev–Trinajstić information content (AvgIpc) is 2.73. The second-order valence-corrected chi connectivity index (χ2v) is 4.31. The van der Waals surface area contributed by atoms with Gasteiger partial charge < -0.3 is 20.8 Å². The Morgan fingerprint density at radius 2 is 2.33 bits per heavy atom. The lowest BCUT2D eigenvalue weighted by molar-refractivity contribution is 0.344. The Kier molecular flexibility index (Phi) is 3.69. The quantitative estimate of drug-likeness (QED) is 0.595. The lowest BCUT2D eigenvalue weighted by atomic mass is 10.2. The first-order valence-electron chi connectivity index (χ1n) is 5.93. The Morgan fingerprint density at radius 3 is 3.00 bits per heavy atom. The first-order valence-corrected chi connectivity index (χ1v) is 5.93. The summed E-state index contributed by atoms with van der Waals surface area (Å²) in [6.45, 7) is 2.99. The fourth-order valence-electron chi connectivity index (χ4n) is 1.76. The standard InChI is InChI=1S/C12H19N5O/c1-9-2-3-10(18-9)8-15-11-4-7-16-12(14,17-11)5-6-13/h2-4,7,15,17H,5-6,8,13-14H2,1H3. The van der Waals surface area contributed by atoms with Crippen LogP contribution in [-0.2, 0) is 6.54 Å². The largest absolute Gasteiger partial charge is 0.465 e. The molecule has 0 aromatic carbocycles. The minimum absolute atomic E-state index is 0.478. The molecule has 0 saturated carbocycles. The van der Waals surface area contributed by atoms with Gasteiger partial charge in [0.2, 0.25) is 0 Å². The number of hydrogen-bond acceptors (Lipinski definition) is 6. The third-order valence-corrected chi connectivity index (χ3v) is 2.67. The summed E-state index contributed by atoms with van der Waals surface area (Å²) < 4.78 is 5.47. The number of furan rings is 1. The van der Waals surface area contributed by atoms with Gasteiger partial charge in [-0.3, -0.25) is 10.7 Å². The van der Waals surface area contributed by atoms with Crippen LogP contribution in [0.5, 0.6) is 0 Å². The molecule has 6 N–H and O–H groups in total. The molecule has 1 aliphatic heterocycles. The zero-order chi connectivity index (χ0) is 13.0. The second-order valence-electron chi connectivity index (χ2n) is 4.31. The van der Waals surface area contributed by atoms with Crippen molar-refractivity contribution in [2.75, 3.05) is 6.54 Å². The number of nitrogens with zero attached hydrogens (tertiary/aromatic N) is 1. The van der Waals surface area contributed by atoms with E-state index in [0.29, 0.717) is 19.5 Å². The van der Waals surface area contributed by atoms with Crippen molar-refractivity contribution in [3.8, 4) is 0 Å². The molecule has 0 radical (unpaired) electrons. The summed E-state index contributed by atoms with van der Waals surface area (Å²) in [7, 11) is 0. The molecule has 1 aliphatic rings. The smallest absolute Gasteiger partial charge is 0.184 e. The molecule has 0 fully saturated rings. The van der Waals surface area contributed by atoms with Crippen molar-refractivity contribution >= 4 is 6.21 Å². The van der Waals surface area contributed by atoms with E-state index in [1.54, 1.807) is 6.21 Å². The molecule has 1 unspecified atom stereocenters. The van der Waals surface area contributed by atoms with E-state index in [9.17, 15) is 0 Å². The van der Waals surface area contributed by atoms with Crippen molar-refractivity contribution in [3.63, 3.8) is 0 Å². The zero-order valence-electron chi connectivity index (χ0n) is 10.4. The van der Waals surface area contributed by atoms with Crippen molar-refractivity contribution in [1.29, 1.82) is 0 Å². The molecule has 0 saturated heterocycles. The highest BCUT2D eigenvalue weighted by Gasteiger charge is 2.24. The van der Waals surface area contributed by atoms with Gasteiger partial charge in [0, 0.05) is 12.6 Å². The van der Waals surface area contributed by atoms with Crippen molar-refractivity contribution in [1.82, 2.24) is 10.6 Å². The number of nitrogens with two attached hydrogens (primary N) is 2. The van der Waals surface area contributed by atoms with Gasteiger partial charge in [-0.2, -0.15) is 0 Å². The van der Waals surface area contributed by atoms with E-state index >= 15 is 0 Å². The summed E-state index contributed by atoms with van der Waals surface area (Å²) in [4.78, 5) is 4.18. The van der Waals surface area contributed by atoms with Gasteiger partial charge >= 0.3 is 0 Å². The highest BCUT2D eigenvalue weighted by atomic mass is 16.3. The van der Waals surface area contributed by atoms with E-state index in [0.717, 1.165) is 17.3 Å². The fourth-order valence-corrected chi connectivity index (χ4v) is 1.76. The van der Waals surface area contributed by atoms with Crippen LogP contribution in [0.25, 0.3) is 0 Å².